The number of nitrogens with zero attached hydrogens (tertiary/aromatic N) is 1. The second-order valence-corrected chi connectivity index (χ2v) is 4.97. The topological polar surface area (TPSA) is 55.1 Å². The number of carbonyl (C=O) groups excluding carboxylic acids is 1. The third kappa shape index (κ3) is 2.62. The van der Waals surface area contributed by atoms with Crippen molar-refractivity contribution in [3.8, 4) is 0 Å². The minimum atomic E-state index is -0.184. The number of rotatable bonds is 3. The maximum Gasteiger partial charge on any atom is 0.256 e. The monoisotopic (exact) mass is 224 g/mol. The van der Waals surface area contributed by atoms with E-state index in [0.717, 1.165) is 12.1 Å². The first-order valence-corrected chi connectivity index (χ1v) is 5.63. The molecule has 0 bridgehead atoms. The van der Waals surface area contributed by atoms with Crippen LogP contribution in [0, 0.1) is 6.92 Å². The second-order valence-electron chi connectivity index (χ2n) is 4.97. The van der Waals surface area contributed by atoms with Gasteiger partial charge < -0.3 is 9.84 Å². The van der Waals surface area contributed by atoms with Gasteiger partial charge in [0.25, 0.3) is 5.91 Å². The molecular weight excluding hydrogens is 204 g/mol. The van der Waals surface area contributed by atoms with Gasteiger partial charge in [-0.05, 0) is 13.3 Å². The third-order valence-corrected chi connectivity index (χ3v) is 2.34. The summed E-state index contributed by atoms with van der Waals surface area (Å²) < 4.78 is 5.11. The number of nitrogens with one attached hydrogen (secondary N) is 1. The molecule has 1 rings (SSSR count). The highest BCUT2D eigenvalue weighted by Crippen LogP contribution is 2.26. The van der Waals surface area contributed by atoms with Gasteiger partial charge in [-0.1, -0.05) is 32.9 Å². The summed E-state index contributed by atoms with van der Waals surface area (Å²) >= 11 is 0. The number of carbonyl (C=O) groups is 1. The van der Waals surface area contributed by atoms with Crippen LogP contribution in [0.5, 0.6) is 0 Å². The van der Waals surface area contributed by atoms with Crippen LogP contribution in [-0.2, 0) is 5.41 Å². The Hall–Kier alpha value is -1.32. The van der Waals surface area contributed by atoms with Gasteiger partial charge >= 0.3 is 0 Å². The minimum absolute atomic E-state index is 0.0921. The zero-order chi connectivity index (χ0) is 12.3. The molecular formula is C12H20N2O2. The Balaban J connectivity index is 3.02. The number of hydrogen-bond acceptors (Lipinski definition) is 3. The fourth-order valence-corrected chi connectivity index (χ4v) is 1.48. The highest BCUT2D eigenvalue weighted by molar-refractivity contribution is 5.96. The van der Waals surface area contributed by atoms with E-state index in [0.29, 0.717) is 17.9 Å². The summed E-state index contributed by atoms with van der Waals surface area (Å²) in [5.74, 6) is 0.490. The van der Waals surface area contributed by atoms with Gasteiger partial charge in [0, 0.05) is 12.0 Å². The molecule has 90 valence electrons. The molecule has 0 aliphatic rings. The molecule has 1 amide bonds. The van der Waals surface area contributed by atoms with Crippen molar-refractivity contribution in [3.63, 3.8) is 0 Å². The Morgan fingerprint density at radius 2 is 2.06 bits per heavy atom. The predicted molar refractivity (Wildman–Crippen MR) is 62.6 cm³/mol. The molecule has 0 unspecified atom stereocenters. The Kier molecular flexibility index (Phi) is 3.73. The van der Waals surface area contributed by atoms with Gasteiger partial charge in [0.15, 0.2) is 0 Å². The molecule has 0 saturated heterocycles. The van der Waals surface area contributed by atoms with Crippen molar-refractivity contribution in [2.75, 3.05) is 6.54 Å². The van der Waals surface area contributed by atoms with Crippen molar-refractivity contribution in [2.45, 2.75) is 46.5 Å². The van der Waals surface area contributed by atoms with E-state index in [1.807, 2.05) is 27.7 Å². The van der Waals surface area contributed by atoms with Crippen molar-refractivity contribution >= 4 is 5.91 Å². The van der Waals surface area contributed by atoms with Gasteiger partial charge in [-0.25, -0.2) is 0 Å². The molecule has 0 aliphatic carbocycles. The average molecular weight is 224 g/mol. The van der Waals surface area contributed by atoms with Crippen molar-refractivity contribution in [3.05, 3.63) is 17.0 Å². The molecule has 1 aromatic rings. The van der Waals surface area contributed by atoms with Crippen molar-refractivity contribution in [1.82, 2.24) is 10.5 Å². The summed E-state index contributed by atoms with van der Waals surface area (Å²) in [4.78, 5) is 11.9. The lowest BCUT2D eigenvalue weighted by Gasteiger charge is -2.16. The van der Waals surface area contributed by atoms with Gasteiger partial charge in [0.2, 0.25) is 0 Å². The summed E-state index contributed by atoms with van der Waals surface area (Å²) in [5.41, 5.74) is 1.12. The Morgan fingerprint density at radius 3 is 2.56 bits per heavy atom. The Bertz CT molecular complexity index is 375. The summed E-state index contributed by atoms with van der Waals surface area (Å²) in [6.07, 6.45) is 0.918. The van der Waals surface area contributed by atoms with Gasteiger partial charge in [-0.3, -0.25) is 4.79 Å². The fourth-order valence-electron chi connectivity index (χ4n) is 1.48. The summed E-state index contributed by atoms with van der Waals surface area (Å²) in [5, 5.41) is 6.83. The predicted octanol–water partition coefficient (Wildman–Crippen LogP) is 2.42. The van der Waals surface area contributed by atoms with E-state index in [9.17, 15) is 4.79 Å². The third-order valence-electron chi connectivity index (χ3n) is 2.34. The van der Waals surface area contributed by atoms with Crippen LogP contribution in [0.25, 0.3) is 0 Å². The SMILES string of the molecule is CCCNC(=O)c1c(C(C)(C)C)noc1C. The molecule has 0 saturated carbocycles. The highest BCUT2D eigenvalue weighted by Gasteiger charge is 2.28. The zero-order valence-electron chi connectivity index (χ0n) is 10.7. The first kappa shape index (κ1) is 12.7. The Morgan fingerprint density at radius 1 is 1.44 bits per heavy atom. The van der Waals surface area contributed by atoms with Crippen molar-refractivity contribution in [1.29, 1.82) is 0 Å². The highest BCUT2D eigenvalue weighted by atomic mass is 16.5. The molecule has 0 atom stereocenters. The standard InChI is InChI=1S/C12H20N2O2/c1-6-7-13-11(15)9-8(2)16-14-10(9)12(3,4)5/h6-7H2,1-5H3,(H,13,15). The van der Waals surface area contributed by atoms with E-state index in [-0.39, 0.29) is 11.3 Å². The molecule has 16 heavy (non-hydrogen) atoms. The molecule has 0 spiro atoms. The van der Waals surface area contributed by atoms with Gasteiger partial charge in [0.05, 0.1) is 0 Å². The number of aryl methyl sites for hydroxylation is 1. The summed E-state index contributed by atoms with van der Waals surface area (Å²) in [6.45, 7) is 10.5. The van der Waals surface area contributed by atoms with Gasteiger partial charge in [0.1, 0.15) is 17.0 Å². The van der Waals surface area contributed by atoms with Crippen molar-refractivity contribution in [2.24, 2.45) is 0 Å². The van der Waals surface area contributed by atoms with Crippen LogP contribution in [0.1, 0.15) is 55.9 Å². The summed E-state index contributed by atoms with van der Waals surface area (Å²) in [7, 11) is 0. The maximum absolute atomic E-state index is 11.9. The summed E-state index contributed by atoms with van der Waals surface area (Å²) in [6, 6.07) is 0. The number of hydrogen-bond donors (Lipinski definition) is 1. The normalized spacial score (nSPS) is 11.6. The van der Waals surface area contributed by atoms with E-state index in [4.69, 9.17) is 4.52 Å². The van der Waals surface area contributed by atoms with Crippen molar-refractivity contribution < 1.29 is 9.32 Å². The molecule has 1 aromatic heterocycles. The lowest BCUT2D eigenvalue weighted by atomic mass is 9.88. The number of amides is 1. The molecule has 4 nitrogen and oxygen atoms in total. The molecule has 0 radical (unpaired) electrons. The minimum Gasteiger partial charge on any atom is -0.361 e. The van der Waals surface area contributed by atoms with Gasteiger partial charge in [-0.15, -0.1) is 0 Å². The lowest BCUT2D eigenvalue weighted by molar-refractivity contribution is 0.0950. The smallest absolute Gasteiger partial charge is 0.256 e. The molecule has 0 aromatic carbocycles. The van der Waals surface area contributed by atoms with Crippen LogP contribution in [0.2, 0.25) is 0 Å². The van der Waals surface area contributed by atoms with Crippen LogP contribution in [0.4, 0.5) is 0 Å². The van der Waals surface area contributed by atoms with Gasteiger partial charge in [-0.2, -0.15) is 0 Å². The molecule has 1 heterocycles. The first-order valence-electron chi connectivity index (χ1n) is 5.63. The van der Waals surface area contributed by atoms with Crippen LogP contribution >= 0.6 is 0 Å². The second kappa shape index (κ2) is 4.68. The van der Waals surface area contributed by atoms with Crippen LogP contribution in [-0.4, -0.2) is 17.6 Å². The first-order chi connectivity index (χ1) is 7.38. The average Bonchev–Trinajstić information content (AvgIpc) is 2.56. The molecule has 1 N–H and O–H groups in total. The molecule has 4 heteroatoms. The lowest BCUT2D eigenvalue weighted by Crippen LogP contribution is -2.27. The molecule has 0 aliphatic heterocycles. The van der Waals surface area contributed by atoms with Crippen LogP contribution in [0.3, 0.4) is 0 Å². The molecule has 0 fully saturated rings. The maximum atomic E-state index is 11.9. The van der Waals surface area contributed by atoms with E-state index >= 15 is 0 Å². The van der Waals surface area contributed by atoms with E-state index in [2.05, 4.69) is 10.5 Å². The largest absolute Gasteiger partial charge is 0.361 e. The van der Waals surface area contributed by atoms with Crippen LogP contribution in [0.15, 0.2) is 4.52 Å². The van der Waals surface area contributed by atoms with E-state index < -0.39 is 0 Å². The van der Waals surface area contributed by atoms with E-state index in [1.54, 1.807) is 6.92 Å². The number of aromatic nitrogens is 1. The Labute approximate surface area is 96.4 Å². The zero-order valence-corrected chi connectivity index (χ0v) is 10.7. The van der Waals surface area contributed by atoms with E-state index in [1.165, 1.54) is 0 Å². The van der Waals surface area contributed by atoms with Crippen LogP contribution < -0.4 is 5.32 Å². The fraction of sp³-hybridized carbons (Fsp3) is 0.667. The quantitative estimate of drug-likeness (QED) is 0.857.